The highest BCUT2D eigenvalue weighted by Crippen LogP contribution is 2.13. The summed E-state index contributed by atoms with van der Waals surface area (Å²) in [4.78, 5) is 6.24. The second kappa shape index (κ2) is 4.30. The van der Waals surface area contributed by atoms with E-state index in [1.165, 1.54) is 5.69 Å². The number of rotatable bonds is 2. The summed E-state index contributed by atoms with van der Waals surface area (Å²) in [5.74, 6) is 0.747. The SMILES string of the molecule is C/C(N)=C/C=C(\N)N1CCn2cncc2C1. The van der Waals surface area contributed by atoms with Crippen molar-refractivity contribution in [2.45, 2.75) is 20.0 Å². The summed E-state index contributed by atoms with van der Waals surface area (Å²) in [7, 11) is 0. The standard InChI is InChI=1S/C11H17N5/c1-9(12)2-3-11(13)15-4-5-16-8-14-6-10(16)7-15/h2-3,6,8H,4-5,7,12-13H2,1H3/b9-2-,11-3+. The van der Waals surface area contributed by atoms with Crippen molar-refractivity contribution < 1.29 is 0 Å². The Morgan fingerprint density at radius 2 is 2.19 bits per heavy atom. The molecular formula is C11H17N5. The summed E-state index contributed by atoms with van der Waals surface area (Å²) in [6, 6.07) is 0. The van der Waals surface area contributed by atoms with Crippen LogP contribution < -0.4 is 11.5 Å². The van der Waals surface area contributed by atoms with Gasteiger partial charge in [0.15, 0.2) is 0 Å². The predicted molar refractivity (Wildman–Crippen MR) is 62.9 cm³/mol. The van der Waals surface area contributed by atoms with Crippen LogP contribution in [0.2, 0.25) is 0 Å². The predicted octanol–water partition coefficient (Wildman–Crippen LogP) is 0.361. The maximum Gasteiger partial charge on any atom is 0.0991 e. The fraction of sp³-hybridized carbons (Fsp3) is 0.364. The molecule has 0 unspecified atom stereocenters. The fourth-order valence-corrected chi connectivity index (χ4v) is 1.73. The van der Waals surface area contributed by atoms with E-state index in [0.717, 1.165) is 31.2 Å². The van der Waals surface area contributed by atoms with E-state index in [0.29, 0.717) is 0 Å². The van der Waals surface area contributed by atoms with E-state index < -0.39 is 0 Å². The summed E-state index contributed by atoms with van der Waals surface area (Å²) in [5, 5.41) is 0. The van der Waals surface area contributed by atoms with Gasteiger partial charge in [0.25, 0.3) is 0 Å². The van der Waals surface area contributed by atoms with Crippen LogP contribution >= 0.6 is 0 Å². The molecule has 5 heteroatoms. The summed E-state index contributed by atoms with van der Waals surface area (Å²) < 4.78 is 2.15. The molecule has 0 saturated heterocycles. The van der Waals surface area contributed by atoms with Crippen molar-refractivity contribution in [3.05, 3.63) is 41.9 Å². The Balaban J connectivity index is 2.09. The minimum Gasteiger partial charge on any atom is -0.402 e. The van der Waals surface area contributed by atoms with Crippen LogP contribution in [-0.4, -0.2) is 21.0 Å². The molecule has 0 aromatic carbocycles. The minimum absolute atomic E-state index is 0.747. The second-order valence-corrected chi connectivity index (χ2v) is 4.00. The van der Waals surface area contributed by atoms with Gasteiger partial charge in [-0.25, -0.2) is 4.98 Å². The van der Waals surface area contributed by atoms with Crippen LogP contribution in [0, 0.1) is 0 Å². The highest BCUT2D eigenvalue weighted by molar-refractivity contribution is 5.14. The van der Waals surface area contributed by atoms with E-state index in [9.17, 15) is 0 Å². The summed E-state index contributed by atoms with van der Waals surface area (Å²) in [5.41, 5.74) is 13.5. The molecule has 86 valence electrons. The normalized spacial score (nSPS) is 17.4. The van der Waals surface area contributed by atoms with Crippen LogP contribution in [0.5, 0.6) is 0 Å². The molecular weight excluding hydrogens is 202 g/mol. The van der Waals surface area contributed by atoms with Crippen molar-refractivity contribution in [1.82, 2.24) is 14.5 Å². The van der Waals surface area contributed by atoms with E-state index in [1.54, 1.807) is 0 Å². The molecule has 0 saturated carbocycles. The molecule has 0 spiro atoms. The van der Waals surface area contributed by atoms with Crippen LogP contribution in [0.1, 0.15) is 12.6 Å². The van der Waals surface area contributed by atoms with Gasteiger partial charge < -0.3 is 20.9 Å². The first-order valence-corrected chi connectivity index (χ1v) is 5.30. The molecule has 16 heavy (non-hydrogen) atoms. The third-order valence-corrected chi connectivity index (χ3v) is 2.64. The Hall–Kier alpha value is -1.91. The lowest BCUT2D eigenvalue weighted by Crippen LogP contribution is -2.35. The number of aromatic nitrogens is 2. The fourth-order valence-electron chi connectivity index (χ4n) is 1.73. The molecule has 2 rings (SSSR count). The van der Waals surface area contributed by atoms with Crippen molar-refractivity contribution in [3.8, 4) is 0 Å². The minimum atomic E-state index is 0.747. The lowest BCUT2D eigenvalue weighted by atomic mass is 10.3. The average molecular weight is 219 g/mol. The van der Waals surface area contributed by atoms with Gasteiger partial charge in [-0.1, -0.05) is 0 Å². The van der Waals surface area contributed by atoms with Crippen molar-refractivity contribution in [3.63, 3.8) is 0 Å². The third kappa shape index (κ3) is 2.18. The van der Waals surface area contributed by atoms with Crippen LogP contribution in [0.4, 0.5) is 0 Å². The zero-order valence-corrected chi connectivity index (χ0v) is 9.43. The van der Waals surface area contributed by atoms with Crippen molar-refractivity contribution >= 4 is 0 Å². The number of fused-ring (bicyclic) bond motifs is 1. The van der Waals surface area contributed by atoms with Gasteiger partial charge in [0.05, 0.1) is 24.4 Å². The zero-order chi connectivity index (χ0) is 11.5. The molecule has 5 nitrogen and oxygen atoms in total. The summed E-state index contributed by atoms with van der Waals surface area (Å²) >= 11 is 0. The molecule has 0 aliphatic carbocycles. The van der Waals surface area contributed by atoms with Crippen LogP contribution in [0.15, 0.2) is 36.2 Å². The molecule has 0 bridgehead atoms. The number of hydrogen-bond donors (Lipinski definition) is 2. The molecule has 1 aromatic heterocycles. The van der Waals surface area contributed by atoms with E-state index >= 15 is 0 Å². The first-order chi connectivity index (χ1) is 7.66. The maximum absolute atomic E-state index is 5.98. The van der Waals surface area contributed by atoms with E-state index in [1.807, 2.05) is 31.6 Å². The average Bonchev–Trinajstić information content (AvgIpc) is 2.72. The van der Waals surface area contributed by atoms with Gasteiger partial charge in [-0.3, -0.25) is 0 Å². The van der Waals surface area contributed by atoms with Gasteiger partial charge in [0.1, 0.15) is 0 Å². The van der Waals surface area contributed by atoms with Crippen molar-refractivity contribution in [1.29, 1.82) is 0 Å². The van der Waals surface area contributed by atoms with Crippen LogP contribution in [0.25, 0.3) is 0 Å². The number of imidazole rings is 1. The third-order valence-electron chi connectivity index (χ3n) is 2.64. The monoisotopic (exact) mass is 219 g/mol. The maximum atomic E-state index is 5.98. The van der Waals surface area contributed by atoms with Gasteiger partial charge in [0, 0.05) is 25.0 Å². The summed E-state index contributed by atoms with van der Waals surface area (Å²) in [6.07, 6.45) is 7.41. The number of allylic oxidation sites excluding steroid dienone is 3. The van der Waals surface area contributed by atoms with Gasteiger partial charge in [-0.15, -0.1) is 0 Å². The lowest BCUT2D eigenvalue weighted by Gasteiger charge is -2.29. The molecule has 0 atom stereocenters. The first kappa shape index (κ1) is 10.6. The van der Waals surface area contributed by atoms with E-state index in [-0.39, 0.29) is 0 Å². The Morgan fingerprint density at radius 1 is 1.38 bits per heavy atom. The summed E-state index contributed by atoms with van der Waals surface area (Å²) in [6.45, 7) is 4.48. The molecule has 1 aliphatic rings. The second-order valence-electron chi connectivity index (χ2n) is 4.00. The topological polar surface area (TPSA) is 73.1 Å². The molecule has 4 N–H and O–H groups in total. The molecule has 1 aromatic rings. The number of nitrogens with zero attached hydrogens (tertiary/aromatic N) is 3. The Morgan fingerprint density at radius 3 is 2.94 bits per heavy atom. The van der Waals surface area contributed by atoms with Crippen LogP contribution in [0.3, 0.4) is 0 Å². The van der Waals surface area contributed by atoms with Gasteiger partial charge in [-0.05, 0) is 19.1 Å². The largest absolute Gasteiger partial charge is 0.402 e. The zero-order valence-electron chi connectivity index (χ0n) is 9.43. The Labute approximate surface area is 95.0 Å². The highest BCUT2D eigenvalue weighted by Gasteiger charge is 2.15. The van der Waals surface area contributed by atoms with E-state index in [2.05, 4.69) is 14.5 Å². The lowest BCUT2D eigenvalue weighted by molar-refractivity contribution is 0.275. The van der Waals surface area contributed by atoms with Gasteiger partial charge >= 0.3 is 0 Å². The van der Waals surface area contributed by atoms with Gasteiger partial charge in [0.2, 0.25) is 0 Å². The first-order valence-electron chi connectivity index (χ1n) is 5.30. The quantitative estimate of drug-likeness (QED) is 0.704. The van der Waals surface area contributed by atoms with Crippen LogP contribution in [-0.2, 0) is 13.1 Å². The van der Waals surface area contributed by atoms with Gasteiger partial charge in [-0.2, -0.15) is 0 Å². The van der Waals surface area contributed by atoms with Crippen molar-refractivity contribution in [2.75, 3.05) is 6.54 Å². The number of nitrogens with two attached hydrogens (primary N) is 2. The molecule has 0 amide bonds. The molecule has 1 aliphatic heterocycles. The Kier molecular flexibility index (Phi) is 2.85. The Bertz CT molecular complexity index is 425. The smallest absolute Gasteiger partial charge is 0.0991 e. The van der Waals surface area contributed by atoms with Crippen molar-refractivity contribution in [2.24, 2.45) is 11.5 Å². The van der Waals surface area contributed by atoms with E-state index in [4.69, 9.17) is 11.5 Å². The molecule has 0 radical (unpaired) electrons. The molecule has 0 fully saturated rings. The molecule has 2 heterocycles. The number of hydrogen-bond acceptors (Lipinski definition) is 4. The highest BCUT2D eigenvalue weighted by atomic mass is 15.3.